The van der Waals surface area contributed by atoms with Crippen LogP contribution in [0.15, 0.2) is 24.3 Å². The lowest BCUT2D eigenvalue weighted by molar-refractivity contribution is -0.0375. The van der Waals surface area contributed by atoms with E-state index in [4.69, 9.17) is 0 Å². The molecule has 0 aliphatic carbocycles. The molecule has 0 atom stereocenters. The van der Waals surface area contributed by atoms with Gasteiger partial charge in [0, 0.05) is 12.6 Å². The van der Waals surface area contributed by atoms with Crippen LogP contribution in [0, 0.1) is 0 Å². The second-order valence-electron chi connectivity index (χ2n) is 5.71. The van der Waals surface area contributed by atoms with Gasteiger partial charge in [0.15, 0.2) is 0 Å². The van der Waals surface area contributed by atoms with Crippen LogP contribution >= 0.6 is 0 Å². The van der Waals surface area contributed by atoms with Gasteiger partial charge in [-0.2, -0.15) is 0 Å². The van der Waals surface area contributed by atoms with Gasteiger partial charge in [-0.25, -0.2) is 5.06 Å². The largest absolute Gasteiger partial charge is 0.286 e. The highest BCUT2D eigenvalue weighted by molar-refractivity contribution is 5.94. The third-order valence-corrected chi connectivity index (χ3v) is 3.84. The molecule has 3 heteroatoms. The highest BCUT2D eigenvalue weighted by Gasteiger charge is 2.13. The van der Waals surface area contributed by atoms with Crippen molar-refractivity contribution >= 4 is 5.91 Å². The molecule has 0 aliphatic heterocycles. The van der Waals surface area contributed by atoms with Crippen molar-refractivity contribution in [1.29, 1.82) is 0 Å². The number of hydroxylamine groups is 2. The number of rotatable bonds is 10. The number of carbonyl (C=O) groups excluding carboxylic acids is 1. The number of benzene rings is 1. The van der Waals surface area contributed by atoms with Gasteiger partial charge in [-0.15, -0.1) is 0 Å². The minimum absolute atomic E-state index is 0.329. The summed E-state index contributed by atoms with van der Waals surface area (Å²) in [6, 6.07) is 7.56. The maximum atomic E-state index is 11.9. The van der Waals surface area contributed by atoms with Gasteiger partial charge in [0.05, 0.1) is 0 Å². The third-order valence-electron chi connectivity index (χ3n) is 3.84. The van der Waals surface area contributed by atoms with E-state index < -0.39 is 0 Å². The zero-order valence-electron chi connectivity index (χ0n) is 13.5. The maximum absolute atomic E-state index is 11.9. The summed E-state index contributed by atoms with van der Waals surface area (Å²) < 4.78 is 0. The van der Waals surface area contributed by atoms with E-state index in [1.54, 1.807) is 6.07 Å². The first-order valence-corrected chi connectivity index (χ1v) is 8.21. The van der Waals surface area contributed by atoms with Crippen molar-refractivity contribution in [2.75, 3.05) is 7.05 Å². The van der Waals surface area contributed by atoms with Gasteiger partial charge in [-0.3, -0.25) is 10.0 Å². The van der Waals surface area contributed by atoms with Gasteiger partial charge < -0.3 is 0 Å². The van der Waals surface area contributed by atoms with Crippen LogP contribution < -0.4 is 0 Å². The summed E-state index contributed by atoms with van der Waals surface area (Å²) in [4.78, 5) is 11.9. The molecule has 118 valence electrons. The summed E-state index contributed by atoms with van der Waals surface area (Å²) >= 11 is 0. The molecular formula is C18H29NO2. The Morgan fingerprint density at radius 3 is 2.19 bits per heavy atom. The molecule has 1 aromatic carbocycles. The molecule has 1 N–H and O–H groups in total. The van der Waals surface area contributed by atoms with Crippen LogP contribution in [0.4, 0.5) is 0 Å². The normalized spacial score (nSPS) is 10.6. The Kier molecular flexibility index (Phi) is 8.76. The minimum atomic E-state index is -0.329. The summed E-state index contributed by atoms with van der Waals surface area (Å²) in [5.41, 5.74) is 1.65. The van der Waals surface area contributed by atoms with Crippen molar-refractivity contribution in [3.05, 3.63) is 35.4 Å². The van der Waals surface area contributed by atoms with E-state index in [2.05, 4.69) is 6.92 Å². The smallest absolute Gasteiger partial charge is 0.277 e. The molecule has 0 aromatic heterocycles. The summed E-state index contributed by atoms with van der Waals surface area (Å²) in [5.74, 6) is -0.329. The first-order valence-electron chi connectivity index (χ1n) is 8.21. The van der Waals surface area contributed by atoms with Gasteiger partial charge in [0.1, 0.15) is 0 Å². The van der Waals surface area contributed by atoms with E-state index >= 15 is 0 Å². The Labute approximate surface area is 128 Å². The topological polar surface area (TPSA) is 40.5 Å². The van der Waals surface area contributed by atoms with Crippen LogP contribution in [0.1, 0.15) is 74.2 Å². The molecule has 3 nitrogen and oxygen atoms in total. The molecule has 0 aliphatic rings. The Morgan fingerprint density at radius 1 is 1.00 bits per heavy atom. The lowest BCUT2D eigenvalue weighted by Crippen LogP contribution is -2.23. The van der Waals surface area contributed by atoms with Gasteiger partial charge in [0.25, 0.3) is 5.91 Å². The highest BCUT2D eigenvalue weighted by atomic mass is 16.5. The molecule has 1 amide bonds. The summed E-state index contributed by atoms with van der Waals surface area (Å²) in [7, 11) is 1.37. The second-order valence-corrected chi connectivity index (χ2v) is 5.71. The van der Waals surface area contributed by atoms with Crippen molar-refractivity contribution in [2.24, 2.45) is 0 Å². The summed E-state index contributed by atoms with van der Waals surface area (Å²) in [6.45, 7) is 2.24. The Morgan fingerprint density at radius 2 is 1.57 bits per heavy atom. The number of carbonyl (C=O) groups is 1. The molecule has 21 heavy (non-hydrogen) atoms. The number of unbranched alkanes of at least 4 members (excludes halogenated alkanes) is 7. The standard InChI is InChI=1S/C18H29NO2/c1-3-4-5-6-7-8-9-10-13-16-14-11-12-15-17(16)18(20)19(2)21/h11-12,14-15,21H,3-10,13H2,1-2H3. The highest BCUT2D eigenvalue weighted by Crippen LogP contribution is 2.15. The first kappa shape index (κ1) is 17.7. The molecule has 0 saturated carbocycles. The van der Waals surface area contributed by atoms with Crippen LogP contribution in [0.2, 0.25) is 0 Å². The first-order chi connectivity index (χ1) is 10.2. The van der Waals surface area contributed by atoms with Crippen LogP contribution in [0.5, 0.6) is 0 Å². The predicted molar refractivity (Wildman–Crippen MR) is 86.6 cm³/mol. The van der Waals surface area contributed by atoms with Crippen molar-refractivity contribution in [3.63, 3.8) is 0 Å². The molecule has 0 fully saturated rings. The fourth-order valence-electron chi connectivity index (χ4n) is 2.57. The SMILES string of the molecule is CCCCCCCCCCc1ccccc1C(=O)N(C)O. The number of nitrogens with zero attached hydrogens (tertiary/aromatic N) is 1. The van der Waals surface area contributed by atoms with Crippen LogP contribution in [-0.4, -0.2) is 23.2 Å². The summed E-state index contributed by atoms with van der Waals surface area (Å²) in [6.07, 6.45) is 11.2. The van der Waals surface area contributed by atoms with Crippen LogP contribution in [0.25, 0.3) is 0 Å². The van der Waals surface area contributed by atoms with Crippen LogP contribution in [-0.2, 0) is 6.42 Å². The van der Waals surface area contributed by atoms with E-state index in [-0.39, 0.29) is 5.91 Å². The maximum Gasteiger partial charge on any atom is 0.277 e. The molecule has 0 bridgehead atoms. The van der Waals surface area contributed by atoms with Crippen molar-refractivity contribution < 1.29 is 10.0 Å². The molecule has 1 aromatic rings. The molecule has 1 rings (SSSR count). The quantitative estimate of drug-likeness (QED) is 0.381. The van der Waals surface area contributed by atoms with Gasteiger partial charge >= 0.3 is 0 Å². The predicted octanol–water partition coefficient (Wildman–Crippen LogP) is 4.83. The number of hydrogen-bond acceptors (Lipinski definition) is 2. The van der Waals surface area contributed by atoms with Gasteiger partial charge in [-0.05, 0) is 24.5 Å². The van der Waals surface area contributed by atoms with E-state index in [0.29, 0.717) is 10.6 Å². The van der Waals surface area contributed by atoms with E-state index in [1.807, 2.05) is 18.2 Å². The second kappa shape index (κ2) is 10.4. The molecule has 0 spiro atoms. The van der Waals surface area contributed by atoms with E-state index in [0.717, 1.165) is 18.4 Å². The number of aryl methyl sites for hydroxylation is 1. The average molecular weight is 291 g/mol. The van der Waals surface area contributed by atoms with Gasteiger partial charge in [0.2, 0.25) is 0 Å². The fraction of sp³-hybridized carbons (Fsp3) is 0.611. The van der Waals surface area contributed by atoms with E-state index in [1.165, 1.54) is 52.0 Å². The van der Waals surface area contributed by atoms with Crippen LogP contribution in [0.3, 0.4) is 0 Å². The fourth-order valence-corrected chi connectivity index (χ4v) is 2.57. The van der Waals surface area contributed by atoms with Crippen molar-refractivity contribution in [3.8, 4) is 0 Å². The minimum Gasteiger partial charge on any atom is -0.286 e. The Hall–Kier alpha value is -1.35. The van der Waals surface area contributed by atoms with Gasteiger partial charge in [-0.1, -0.05) is 70.1 Å². The monoisotopic (exact) mass is 291 g/mol. The molecule has 0 unspecified atom stereocenters. The molecule has 0 saturated heterocycles. The van der Waals surface area contributed by atoms with Crippen molar-refractivity contribution in [1.82, 2.24) is 5.06 Å². The third kappa shape index (κ3) is 6.76. The summed E-state index contributed by atoms with van der Waals surface area (Å²) in [5, 5.41) is 9.95. The average Bonchev–Trinajstić information content (AvgIpc) is 2.49. The Bertz CT molecular complexity index is 415. The molecular weight excluding hydrogens is 262 g/mol. The lowest BCUT2D eigenvalue weighted by atomic mass is 9.99. The zero-order chi connectivity index (χ0) is 15.5. The molecule has 0 radical (unpaired) electrons. The molecule has 0 heterocycles. The van der Waals surface area contributed by atoms with E-state index in [9.17, 15) is 10.0 Å². The Balaban J connectivity index is 2.31. The zero-order valence-corrected chi connectivity index (χ0v) is 13.5. The lowest BCUT2D eigenvalue weighted by Gasteiger charge is -2.12. The van der Waals surface area contributed by atoms with Crippen molar-refractivity contribution in [2.45, 2.75) is 64.7 Å². The number of hydrogen-bond donors (Lipinski definition) is 1. The number of amides is 1.